The number of aliphatic carboxylic acids is 1. The lowest BCUT2D eigenvalue weighted by Crippen LogP contribution is -2.56. The summed E-state index contributed by atoms with van der Waals surface area (Å²) in [4.78, 5) is 25.3. The van der Waals surface area contributed by atoms with Gasteiger partial charge < -0.3 is 15.7 Å². The topological polar surface area (TPSA) is 83.6 Å². The number of carboxylic acids is 1. The Balaban J connectivity index is 2.73. The van der Waals surface area contributed by atoms with Gasteiger partial charge in [-0.15, -0.1) is 0 Å². The largest absolute Gasteiger partial charge is 0.480 e. The third kappa shape index (κ3) is 3.93. The van der Waals surface area contributed by atoms with Crippen LogP contribution in [0.5, 0.6) is 0 Å². The molecule has 1 amide bonds. The number of carbonyl (C=O) groups is 2. The molecule has 1 aliphatic heterocycles. The summed E-state index contributed by atoms with van der Waals surface area (Å²) in [6.45, 7) is 6.96. The van der Waals surface area contributed by atoms with E-state index >= 15 is 0 Å². The number of nitrogens with two attached hydrogens (primary N) is 1. The van der Waals surface area contributed by atoms with Crippen molar-refractivity contribution in [1.29, 1.82) is 0 Å². The molecule has 0 bridgehead atoms. The van der Waals surface area contributed by atoms with Crippen molar-refractivity contribution in [2.45, 2.75) is 52.5 Å². The Labute approximate surface area is 115 Å². The van der Waals surface area contributed by atoms with E-state index in [0.717, 1.165) is 19.3 Å². The zero-order chi connectivity index (χ0) is 14.6. The van der Waals surface area contributed by atoms with Crippen LogP contribution in [0.4, 0.5) is 0 Å². The van der Waals surface area contributed by atoms with Crippen molar-refractivity contribution < 1.29 is 14.7 Å². The lowest BCUT2D eigenvalue weighted by molar-refractivity contribution is -0.159. The van der Waals surface area contributed by atoms with E-state index in [1.165, 1.54) is 0 Å². The number of nitrogens with zero attached hydrogens (tertiary/aromatic N) is 1. The first-order valence-electron chi connectivity index (χ1n) is 7.02. The van der Waals surface area contributed by atoms with Crippen LogP contribution in [0, 0.1) is 11.3 Å². The molecule has 0 saturated carbocycles. The van der Waals surface area contributed by atoms with E-state index in [1.807, 2.05) is 20.8 Å². The van der Waals surface area contributed by atoms with Gasteiger partial charge in [-0.3, -0.25) is 4.79 Å². The molecule has 2 unspecified atom stereocenters. The SMILES string of the molecule is CC(CN)CCC(=O)N1CCCC(C)(C)C1C(=O)O. The van der Waals surface area contributed by atoms with E-state index in [1.54, 1.807) is 4.90 Å². The molecule has 1 saturated heterocycles. The van der Waals surface area contributed by atoms with Crippen LogP contribution < -0.4 is 5.73 Å². The summed E-state index contributed by atoms with van der Waals surface area (Å²) in [6, 6.07) is -0.707. The van der Waals surface area contributed by atoms with Crippen molar-refractivity contribution in [1.82, 2.24) is 4.90 Å². The highest BCUT2D eigenvalue weighted by molar-refractivity contribution is 5.84. The lowest BCUT2D eigenvalue weighted by atomic mass is 9.76. The standard InChI is InChI=1S/C14H26N2O3/c1-10(9-15)5-6-11(17)16-8-4-7-14(2,3)12(16)13(18)19/h10,12H,4-9,15H2,1-3H3,(H,18,19). The summed E-state index contributed by atoms with van der Waals surface area (Å²) in [6.07, 6.45) is 2.82. The van der Waals surface area contributed by atoms with Gasteiger partial charge in [0.25, 0.3) is 0 Å². The summed E-state index contributed by atoms with van der Waals surface area (Å²) in [7, 11) is 0. The monoisotopic (exact) mass is 270 g/mol. The summed E-state index contributed by atoms with van der Waals surface area (Å²) < 4.78 is 0. The molecule has 0 aliphatic carbocycles. The number of likely N-dealkylation sites (tertiary alicyclic amines) is 1. The van der Waals surface area contributed by atoms with Crippen LogP contribution >= 0.6 is 0 Å². The maximum atomic E-state index is 12.2. The third-order valence-corrected chi connectivity index (χ3v) is 4.08. The highest BCUT2D eigenvalue weighted by Crippen LogP contribution is 2.35. The second-order valence-corrected chi connectivity index (χ2v) is 6.30. The predicted octanol–water partition coefficient (Wildman–Crippen LogP) is 1.46. The zero-order valence-electron chi connectivity index (χ0n) is 12.2. The molecule has 0 spiro atoms. The van der Waals surface area contributed by atoms with Crippen molar-refractivity contribution >= 4 is 11.9 Å². The van der Waals surface area contributed by atoms with Crippen LogP contribution in [-0.2, 0) is 9.59 Å². The molecule has 1 heterocycles. The number of amides is 1. The summed E-state index contributed by atoms with van der Waals surface area (Å²) in [5.74, 6) is -0.657. The maximum absolute atomic E-state index is 12.2. The normalized spacial score (nSPS) is 24.0. The lowest BCUT2D eigenvalue weighted by Gasteiger charge is -2.44. The van der Waals surface area contributed by atoms with Gasteiger partial charge in [-0.1, -0.05) is 20.8 Å². The number of piperidine rings is 1. The third-order valence-electron chi connectivity index (χ3n) is 4.08. The van der Waals surface area contributed by atoms with Crippen LogP contribution in [0.3, 0.4) is 0 Å². The van der Waals surface area contributed by atoms with Gasteiger partial charge in [0.15, 0.2) is 0 Å². The van der Waals surface area contributed by atoms with Gasteiger partial charge in [-0.2, -0.15) is 0 Å². The fourth-order valence-electron chi connectivity index (χ4n) is 2.76. The van der Waals surface area contributed by atoms with Gasteiger partial charge in [0.05, 0.1) is 0 Å². The molecule has 1 aliphatic rings. The predicted molar refractivity (Wildman–Crippen MR) is 73.6 cm³/mol. The molecular weight excluding hydrogens is 244 g/mol. The second-order valence-electron chi connectivity index (χ2n) is 6.30. The molecule has 5 heteroatoms. The maximum Gasteiger partial charge on any atom is 0.326 e. The van der Waals surface area contributed by atoms with Crippen LogP contribution in [0.15, 0.2) is 0 Å². The number of carbonyl (C=O) groups excluding carboxylic acids is 1. The van der Waals surface area contributed by atoms with E-state index in [4.69, 9.17) is 5.73 Å². The minimum absolute atomic E-state index is 0.0551. The van der Waals surface area contributed by atoms with Crippen LogP contribution in [0.1, 0.15) is 46.5 Å². The molecule has 1 rings (SSSR count). The van der Waals surface area contributed by atoms with E-state index in [-0.39, 0.29) is 11.3 Å². The summed E-state index contributed by atoms with van der Waals surface area (Å²) in [5.41, 5.74) is 5.17. The quantitative estimate of drug-likeness (QED) is 0.792. The first-order chi connectivity index (χ1) is 8.79. The average molecular weight is 270 g/mol. The van der Waals surface area contributed by atoms with Gasteiger partial charge in [0, 0.05) is 13.0 Å². The Morgan fingerprint density at radius 2 is 2.11 bits per heavy atom. The fourth-order valence-corrected chi connectivity index (χ4v) is 2.76. The van der Waals surface area contributed by atoms with E-state index in [2.05, 4.69) is 0 Å². The van der Waals surface area contributed by atoms with Crippen molar-refractivity contribution in [3.63, 3.8) is 0 Å². The fraction of sp³-hybridized carbons (Fsp3) is 0.857. The highest BCUT2D eigenvalue weighted by Gasteiger charge is 2.44. The van der Waals surface area contributed by atoms with Gasteiger partial charge in [0.2, 0.25) is 5.91 Å². The van der Waals surface area contributed by atoms with Crippen molar-refractivity contribution in [3.05, 3.63) is 0 Å². The molecule has 0 radical (unpaired) electrons. The Morgan fingerprint density at radius 1 is 1.47 bits per heavy atom. The Bertz CT molecular complexity index is 342. The summed E-state index contributed by atoms with van der Waals surface area (Å²) >= 11 is 0. The molecule has 5 nitrogen and oxygen atoms in total. The minimum atomic E-state index is -0.898. The smallest absolute Gasteiger partial charge is 0.326 e. The molecule has 0 aromatic rings. The summed E-state index contributed by atoms with van der Waals surface area (Å²) in [5, 5.41) is 9.40. The van der Waals surface area contributed by atoms with Crippen LogP contribution in [0.2, 0.25) is 0 Å². The molecule has 19 heavy (non-hydrogen) atoms. The number of rotatable bonds is 5. The molecule has 0 aromatic heterocycles. The molecule has 110 valence electrons. The van der Waals surface area contributed by atoms with Gasteiger partial charge in [-0.05, 0) is 37.1 Å². The number of carboxylic acid groups (broad SMARTS) is 1. The molecule has 3 N–H and O–H groups in total. The zero-order valence-corrected chi connectivity index (χ0v) is 12.2. The first-order valence-corrected chi connectivity index (χ1v) is 7.02. The van der Waals surface area contributed by atoms with Crippen molar-refractivity contribution in [2.24, 2.45) is 17.1 Å². The van der Waals surface area contributed by atoms with E-state index in [0.29, 0.717) is 25.4 Å². The van der Waals surface area contributed by atoms with E-state index < -0.39 is 12.0 Å². The van der Waals surface area contributed by atoms with Gasteiger partial charge >= 0.3 is 5.97 Å². The average Bonchev–Trinajstić information content (AvgIpc) is 2.33. The van der Waals surface area contributed by atoms with Crippen molar-refractivity contribution in [3.8, 4) is 0 Å². The molecular formula is C14H26N2O3. The Kier molecular flexibility index (Phi) is 5.35. The second kappa shape index (κ2) is 6.37. The van der Waals surface area contributed by atoms with Crippen molar-refractivity contribution in [2.75, 3.05) is 13.1 Å². The van der Waals surface area contributed by atoms with E-state index in [9.17, 15) is 14.7 Å². The Morgan fingerprint density at radius 3 is 2.63 bits per heavy atom. The number of hydrogen-bond acceptors (Lipinski definition) is 3. The highest BCUT2D eigenvalue weighted by atomic mass is 16.4. The van der Waals surface area contributed by atoms with Crippen LogP contribution in [-0.4, -0.2) is 41.0 Å². The molecule has 0 aromatic carbocycles. The van der Waals surface area contributed by atoms with Gasteiger partial charge in [0.1, 0.15) is 6.04 Å². The number of hydrogen-bond donors (Lipinski definition) is 2. The molecule has 2 atom stereocenters. The first kappa shape index (κ1) is 16.0. The minimum Gasteiger partial charge on any atom is -0.480 e. The van der Waals surface area contributed by atoms with Gasteiger partial charge in [-0.25, -0.2) is 4.79 Å². The molecule has 1 fully saturated rings. The van der Waals surface area contributed by atoms with Crippen LogP contribution in [0.25, 0.3) is 0 Å². The Hall–Kier alpha value is -1.10.